The monoisotopic (exact) mass is 311 g/mol. The summed E-state index contributed by atoms with van der Waals surface area (Å²) in [6.07, 6.45) is 5.16. The van der Waals surface area contributed by atoms with E-state index in [1.165, 1.54) is 0 Å². The van der Waals surface area contributed by atoms with E-state index in [-0.39, 0.29) is 12.5 Å². The van der Waals surface area contributed by atoms with Gasteiger partial charge in [0.05, 0.1) is 22.9 Å². The second-order valence-corrected chi connectivity index (χ2v) is 4.97. The van der Waals surface area contributed by atoms with Crippen LogP contribution in [-0.4, -0.2) is 37.4 Å². The van der Waals surface area contributed by atoms with Gasteiger partial charge in [-0.15, -0.1) is 0 Å². The lowest BCUT2D eigenvalue weighted by Crippen LogP contribution is -2.30. The Morgan fingerprint density at radius 1 is 1.50 bits per heavy atom. The molecule has 18 heavy (non-hydrogen) atoms. The van der Waals surface area contributed by atoms with Crippen molar-refractivity contribution in [1.29, 1.82) is 0 Å². The number of carbonyl (C=O) groups is 1. The molecule has 2 rings (SSSR count). The van der Waals surface area contributed by atoms with Crippen LogP contribution in [0.25, 0.3) is 0 Å². The quantitative estimate of drug-likeness (QED) is 0.847. The highest BCUT2D eigenvalue weighted by Gasteiger charge is 2.12. The summed E-state index contributed by atoms with van der Waals surface area (Å²) in [4.78, 5) is 13.6. The number of aromatic nitrogens is 4. The highest BCUT2D eigenvalue weighted by molar-refractivity contribution is 9.10. The van der Waals surface area contributed by atoms with Gasteiger partial charge in [0.1, 0.15) is 6.54 Å². The minimum atomic E-state index is 0.00630. The van der Waals surface area contributed by atoms with Crippen LogP contribution in [0, 0.1) is 0 Å². The lowest BCUT2D eigenvalue weighted by Gasteiger charge is -2.17. The molecular formula is C11H14BrN5O. The molecule has 0 unspecified atom stereocenters. The lowest BCUT2D eigenvalue weighted by molar-refractivity contribution is -0.131. The summed E-state index contributed by atoms with van der Waals surface area (Å²) in [5.41, 5.74) is 0.993. The van der Waals surface area contributed by atoms with Gasteiger partial charge in [-0.25, -0.2) is 0 Å². The van der Waals surface area contributed by atoms with Crippen molar-refractivity contribution < 1.29 is 4.79 Å². The Kier molecular flexibility index (Phi) is 3.81. The SMILES string of the molecule is CN(Cc1ccnn1C)C(=O)Cn1cc(Br)cn1. The zero-order valence-electron chi connectivity index (χ0n) is 10.2. The molecule has 0 aromatic carbocycles. The number of carbonyl (C=O) groups excluding carboxylic acids is 1. The van der Waals surface area contributed by atoms with Crippen molar-refractivity contribution in [3.05, 3.63) is 34.8 Å². The maximum Gasteiger partial charge on any atom is 0.244 e. The van der Waals surface area contributed by atoms with E-state index in [1.807, 2.05) is 13.1 Å². The van der Waals surface area contributed by atoms with E-state index < -0.39 is 0 Å². The van der Waals surface area contributed by atoms with Gasteiger partial charge in [-0.1, -0.05) is 0 Å². The van der Waals surface area contributed by atoms with E-state index in [0.29, 0.717) is 6.54 Å². The molecule has 2 heterocycles. The molecule has 6 nitrogen and oxygen atoms in total. The largest absolute Gasteiger partial charge is 0.338 e. The van der Waals surface area contributed by atoms with Crippen molar-refractivity contribution in [2.24, 2.45) is 7.05 Å². The van der Waals surface area contributed by atoms with Gasteiger partial charge in [0.25, 0.3) is 0 Å². The molecule has 1 amide bonds. The number of hydrogen-bond donors (Lipinski definition) is 0. The van der Waals surface area contributed by atoms with Crippen LogP contribution in [0.2, 0.25) is 0 Å². The van der Waals surface area contributed by atoms with Crippen LogP contribution in [0.1, 0.15) is 5.69 Å². The van der Waals surface area contributed by atoms with Crippen LogP contribution in [-0.2, 0) is 24.9 Å². The third kappa shape index (κ3) is 2.98. The van der Waals surface area contributed by atoms with E-state index in [1.54, 1.807) is 39.9 Å². The summed E-state index contributed by atoms with van der Waals surface area (Å²) >= 11 is 3.30. The predicted octanol–water partition coefficient (Wildman–Crippen LogP) is 1.04. The smallest absolute Gasteiger partial charge is 0.244 e. The predicted molar refractivity (Wildman–Crippen MR) is 69.6 cm³/mol. The highest BCUT2D eigenvalue weighted by atomic mass is 79.9. The summed E-state index contributed by atoms with van der Waals surface area (Å²) < 4.78 is 4.23. The van der Waals surface area contributed by atoms with Crippen molar-refractivity contribution >= 4 is 21.8 Å². The molecule has 2 aromatic heterocycles. The van der Waals surface area contributed by atoms with Crippen molar-refractivity contribution in [2.45, 2.75) is 13.1 Å². The third-order valence-electron chi connectivity index (χ3n) is 2.65. The van der Waals surface area contributed by atoms with Crippen LogP contribution in [0.3, 0.4) is 0 Å². The fourth-order valence-corrected chi connectivity index (χ4v) is 1.90. The Labute approximate surface area is 113 Å². The Bertz CT molecular complexity index is 547. The van der Waals surface area contributed by atoms with Gasteiger partial charge < -0.3 is 4.90 Å². The third-order valence-corrected chi connectivity index (χ3v) is 3.06. The van der Waals surface area contributed by atoms with Gasteiger partial charge in [-0.2, -0.15) is 10.2 Å². The molecule has 7 heteroatoms. The van der Waals surface area contributed by atoms with Crippen molar-refractivity contribution in [2.75, 3.05) is 7.05 Å². The second kappa shape index (κ2) is 5.34. The standard InChI is InChI=1S/C11H14BrN5O/c1-15(7-10-3-4-13-16(10)2)11(18)8-17-6-9(12)5-14-17/h3-6H,7-8H2,1-2H3. The minimum Gasteiger partial charge on any atom is -0.338 e. The second-order valence-electron chi connectivity index (χ2n) is 4.05. The van der Waals surface area contributed by atoms with Crippen LogP contribution in [0.4, 0.5) is 0 Å². The Hall–Kier alpha value is -1.63. The van der Waals surface area contributed by atoms with Gasteiger partial charge in [0.2, 0.25) is 5.91 Å². The summed E-state index contributed by atoms with van der Waals surface area (Å²) in [5.74, 6) is 0.00630. The molecular weight excluding hydrogens is 298 g/mol. The van der Waals surface area contributed by atoms with Gasteiger partial charge >= 0.3 is 0 Å². The Morgan fingerprint density at radius 2 is 2.28 bits per heavy atom. The number of hydrogen-bond acceptors (Lipinski definition) is 3. The molecule has 0 atom stereocenters. The van der Waals surface area contributed by atoms with Gasteiger partial charge in [0, 0.05) is 26.5 Å². The molecule has 0 aliphatic carbocycles. The van der Waals surface area contributed by atoms with Gasteiger partial charge in [-0.3, -0.25) is 14.2 Å². The van der Waals surface area contributed by atoms with E-state index >= 15 is 0 Å². The average Bonchev–Trinajstić information content (AvgIpc) is 2.89. The highest BCUT2D eigenvalue weighted by Crippen LogP contribution is 2.07. The van der Waals surface area contributed by atoms with Crippen LogP contribution in [0.5, 0.6) is 0 Å². The average molecular weight is 312 g/mol. The van der Waals surface area contributed by atoms with Gasteiger partial charge in [0.15, 0.2) is 0 Å². The molecule has 2 aromatic rings. The maximum atomic E-state index is 12.0. The molecule has 0 radical (unpaired) electrons. The number of amides is 1. The molecule has 0 aliphatic rings. The number of nitrogens with zero attached hydrogens (tertiary/aromatic N) is 5. The van der Waals surface area contributed by atoms with Crippen LogP contribution < -0.4 is 0 Å². The zero-order chi connectivity index (χ0) is 13.1. The molecule has 0 fully saturated rings. The molecule has 0 N–H and O–H groups in total. The van der Waals surface area contributed by atoms with Crippen LogP contribution >= 0.6 is 15.9 Å². The fraction of sp³-hybridized carbons (Fsp3) is 0.364. The first-order valence-electron chi connectivity index (χ1n) is 5.45. The Morgan fingerprint density at radius 3 is 2.83 bits per heavy atom. The zero-order valence-corrected chi connectivity index (χ0v) is 11.8. The molecule has 0 spiro atoms. The van der Waals surface area contributed by atoms with Gasteiger partial charge in [-0.05, 0) is 22.0 Å². The minimum absolute atomic E-state index is 0.00630. The Balaban J connectivity index is 1.95. The molecule has 0 saturated carbocycles. The van der Waals surface area contributed by atoms with Crippen molar-refractivity contribution in [3.8, 4) is 0 Å². The number of halogens is 1. The van der Waals surface area contributed by atoms with E-state index in [0.717, 1.165) is 10.2 Å². The normalized spacial score (nSPS) is 10.6. The summed E-state index contributed by atoms with van der Waals surface area (Å²) in [7, 11) is 3.63. The molecule has 0 saturated heterocycles. The van der Waals surface area contributed by atoms with Crippen molar-refractivity contribution in [1.82, 2.24) is 24.5 Å². The topological polar surface area (TPSA) is 56.0 Å². The summed E-state index contributed by atoms with van der Waals surface area (Å²) in [6, 6.07) is 1.90. The van der Waals surface area contributed by atoms with E-state index in [4.69, 9.17) is 0 Å². The number of likely N-dealkylation sites (N-methyl/N-ethyl adjacent to an activating group) is 1. The lowest BCUT2D eigenvalue weighted by atomic mass is 10.4. The number of rotatable bonds is 4. The molecule has 96 valence electrons. The van der Waals surface area contributed by atoms with Crippen molar-refractivity contribution in [3.63, 3.8) is 0 Å². The van der Waals surface area contributed by atoms with E-state index in [2.05, 4.69) is 26.1 Å². The molecule has 0 bridgehead atoms. The number of aryl methyl sites for hydroxylation is 1. The summed E-state index contributed by atoms with van der Waals surface area (Å²) in [6.45, 7) is 0.776. The first kappa shape index (κ1) is 12.8. The van der Waals surface area contributed by atoms with E-state index in [9.17, 15) is 4.79 Å². The fourth-order valence-electron chi connectivity index (χ4n) is 1.57. The van der Waals surface area contributed by atoms with Crippen LogP contribution in [0.15, 0.2) is 29.1 Å². The molecule has 0 aliphatic heterocycles. The summed E-state index contributed by atoms with van der Waals surface area (Å²) in [5, 5.41) is 8.13. The first-order valence-corrected chi connectivity index (χ1v) is 6.24. The maximum absolute atomic E-state index is 12.0. The first-order chi connectivity index (χ1) is 8.56.